The van der Waals surface area contributed by atoms with Crippen LogP contribution in [0, 0.1) is 13.8 Å². The molecule has 5 rings (SSSR count). The molecule has 0 bridgehead atoms. The summed E-state index contributed by atoms with van der Waals surface area (Å²) < 4.78 is 6.41. The van der Waals surface area contributed by atoms with Gasteiger partial charge in [0, 0.05) is 0 Å². The van der Waals surface area contributed by atoms with Gasteiger partial charge in [0.05, 0.1) is 33.1 Å². The van der Waals surface area contributed by atoms with Crippen LogP contribution < -0.4 is 0 Å². The van der Waals surface area contributed by atoms with Crippen molar-refractivity contribution in [3.05, 3.63) is 64.5 Å². The predicted octanol–water partition coefficient (Wildman–Crippen LogP) is 3.09. The van der Waals surface area contributed by atoms with Crippen LogP contribution in [0.5, 0.6) is 0 Å². The van der Waals surface area contributed by atoms with Crippen molar-refractivity contribution >= 4 is 32.6 Å². The van der Waals surface area contributed by atoms with Gasteiger partial charge in [0.2, 0.25) is 0 Å². The van der Waals surface area contributed by atoms with E-state index in [2.05, 4.69) is 36.2 Å². The SMILES string of the molecule is Cc1nn(Cc2nc3c4cnn(-c5ccccc5)c4ncn3n2)c(C)c1Br. The molecule has 0 unspecified atom stereocenters. The van der Waals surface area contributed by atoms with Crippen LogP contribution in [-0.4, -0.2) is 39.1 Å². The Morgan fingerprint density at radius 2 is 1.85 bits per heavy atom. The van der Waals surface area contributed by atoms with Crippen molar-refractivity contribution in [1.29, 1.82) is 0 Å². The Bertz CT molecular complexity index is 1280. The quantitative estimate of drug-likeness (QED) is 0.446. The van der Waals surface area contributed by atoms with Crippen LogP contribution in [0.3, 0.4) is 0 Å². The molecule has 0 saturated heterocycles. The molecule has 0 amide bonds. The Morgan fingerprint density at radius 1 is 1.04 bits per heavy atom. The molecule has 0 fully saturated rings. The molecule has 0 aliphatic carbocycles. The highest BCUT2D eigenvalue weighted by Gasteiger charge is 2.15. The normalized spacial score (nSPS) is 11.7. The molecule has 0 N–H and O–H groups in total. The molecule has 0 atom stereocenters. The number of para-hydroxylation sites is 1. The second-order valence-corrected chi connectivity index (χ2v) is 7.11. The van der Waals surface area contributed by atoms with E-state index in [4.69, 9.17) is 4.98 Å². The van der Waals surface area contributed by atoms with Crippen molar-refractivity contribution in [2.45, 2.75) is 20.4 Å². The molecule has 1 aromatic carbocycles. The zero-order valence-electron chi connectivity index (χ0n) is 14.7. The highest BCUT2D eigenvalue weighted by atomic mass is 79.9. The van der Waals surface area contributed by atoms with Gasteiger partial charge in [0.15, 0.2) is 17.1 Å². The summed E-state index contributed by atoms with van der Waals surface area (Å²) in [6.07, 6.45) is 3.45. The Hall–Kier alpha value is -3.07. The van der Waals surface area contributed by atoms with Gasteiger partial charge in [-0.2, -0.15) is 10.2 Å². The molecular weight excluding hydrogens is 408 g/mol. The van der Waals surface area contributed by atoms with Crippen molar-refractivity contribution in [2.24, 2.45) is 0 Å². The molecule has 0 radical (unpaired) electrons. The van der Waals surface area contributed by atoms with E-state index in [1.54, 1.807) is 17.0 Å². The highest BCUT2D eigenvalue weighted by Crippen LogP contribution is 2.22. The van der Waals surface area contributed by atoms with Gasteiger partial charge in [-0.3, -0.25) is 4.68 Å². The van der Waals surface area contributed by atoms with Gasteiger partial charge in [-0.15, -0.1) is 5.10 Å². The van der Waals surface area contributed by atoms with E-state index in [1.165, 1.54) is 0 Å². The summed E-state index contributed by atoms with van der Waals surface area (Å²) >= 11 is 3.56. The third kappa shape index (κ3) is 2.54. The summed E-state index contributed by atoms with van der Waals surface area (Å²) in [4.78, 5) is 9.24. The molecule has 134 valence electrons. The molecular formula is C18H15BrN8. The standard InChI is InChI=1S/C18H15BrN8/c1-11-16(19)12(2)25(23-11)9-15-22-18-14-8-21-27(13-6-4-3-5-7-13)17(14)20-10-26(18)24-15/h3-8,10H,9H2,1-2H3. The maximum atomic E-state index is 4.71. The van der Waals surface area contributed by atoms with Crippen molar-refractivity contribution in [3.8, 4) is 5.69 Å². The van der Waals surface area contributed by atoms with Crippen molar-refractivity contribution in [1.82, 2.24) is 39.1 Å². The van der Waals surface area contributed by atoms with Gasteiger partial charge in [-0.25, -0.2) is 19.2 Å². The molecule has 0 saturated carbocycles. The molecule has 0 aliphatic rings. The van der Waals surface area contributed by atoms with E-state index in [0.29, 0.717) is 12.4 Å². The molecule has 4 heterocycles. The number of halogens is 1. The zero-order valence-corrected chi connectivity index (χ0v) is 16.3. The van der Waals surface area contributed by atoms with Gasteiger partial charge in [0.25, 0.3) is 0 Å². The Morgan fingerprint density at radius 3 is 2.59 bits per heavy atom. The first-order chi connectivity index (χ1) is 13.1. The fourth-order valence-electron chi connectivity index (χ4n) is 3.15. The van der Waals surface area contributed by atoms with E-state index in [9.17, 15) is 0 Å². The minimum absolute atomic E-state index is 0.494. The van der Waals surface area contributed by atoms with Crippen LogP contribution in [0.1, 0.15) is 17.2 Å². The summed E-state index contributed by atoms with van der Waals surface area (Å²) in [6, 6.07) is 9.91. The smallest absolute Gasteiger partial charge is 0.173 e. The third-order valence-electron chi connectivity index (χ3n) is 4.53. The average molecular weight is 423 g/mol. The van der Waals surface area contributed by atoms with E-state index in [0.717, 1.165) is 38.2 Å². The highest BCUT2D eigenvalue weighted by molar-refractivity contribution is 9.10. The lowest BCUT2D eigenvalue weighted by Gasteiger charge is -2.01. The number of aryl methyl sites for hydroxylation is 1. The van der Waals surface area contributed by atoms with E-state index in [-0.39, 0.29) is 0 Å². The van der Waals surface area contributed by atoms with Gasteiger partial charge < -0.3 is 0 Å². The summed E-state index contributed by atoms with van der Waals surface area (Å²) in [6.45, 7) is 4.48. The van der Waals surface area contributed by atoms with E-state index >= 15 is 0 Å². The van der Waals surface area contributed by atoms with Crippen LogP contribution in [0.4, 0.5) is 0 Å². The monoisotopic (exact) mass is 422 g/mol. The molecule has 27 heavy (non-hydrogen) atoms. The fourth-order valence-corrected chi connectivity index (χ4v) is 3.44. The number of nitrogens with zero attached hydrogens (tertiary/aromatic N) is 8. The largest absolute Gasteiger partial charge is 0.261 e. The Kier molecular flexibility index (Phi) is 3.57. The number of benzene rings is 1. The minimum atomic E-state index is 0.494. The molecule has 8 nitrogen and oxygen atoms in total. The number of rotatable bonds is 3. The Labute approximate surface area is 162 Å². The first kappa shape index (κ1) is 16.1. The maximum absolute atomic E-state index is 4.71. The van der Waals surface area contributed by atoms with Gasteiger partial charge in [-0.05, 0) is 41.9 Å². The molecule has 0 spiro atoms. The summed E-state index contributed by atoms with van der Waals surface area (Å²) in [5, 5.41) is 14.4. The van der Waals surface area contributed by atoms with Crippen molar-refractivity contribution < 1.29 is 0 Å². The molecule has 0 aliphatic heterocycles. The first-order valence-electron chi connectivity index (χ1n) is 8.45. The molecule has 4 aromatic heterocycles. The van der Waals surface area contributed by atoms with Gasteiger partial charge in [0.1, 0.15) is 12.9 Å². The van der Waals surface area contributed by atoms with Crippen LogP contribution in [0.2, 0.25) is 0 Å². The summed E-state index contributed by atoms with van der Waals surface area (Å²) in [5.74, 6) is 0.676. The third-order valence-corrected chi connectivity index (χ3v) is 5.68. The van der Waals surface area contributed by atoms with Gasteiger partial charge in [-0.1, -0.05) is 18.2 Å². The van der Waals surface area contributed by atoms with E-state index < -0.39 is 0 Å². The lowest BCUT2D eigenvalue weighted by molar-refractivity contribution is 0.630. The van der Waals surface area contributed by atoms with E-state index in [1.807, 2.05) is 53.5 Å². The van der Waals surface area contributed by atoms with Crippen LogP contribution >= 0.6 is 15.9 Å². The topological polar surface area (TPSA) is 78.7 Å². The summed E-state index contributed by atoms with van der Waals surface area (Å²) in [7, 11) is 0. The van der Waals surface area contributed by atoms with Crippen LogP contribution in [-0.2, 0) is 6.54 Å². The predicted molar refractivity (Wildman–Crippen MR) is 104 cm³/mol. The van der Waals surface area contributed by atoms with Crippen LogP contribution in [0.15, 0.2) is 47.3 Å². The lowest BCUT2D eigenvalue weighted by Crippen LogP contribution is -2.05. The number of aromatic nitrogens is 8. The van der Waals surface area contributed by atoms with Crippen molar-refractivity contribution in [2.75, 3.05) is 0 Å². The number of hydrogen-bond donors (Lipinski definition) is 0. The lowest BCUT2D eigenvalue weighted by atomic mass is 10.3. The van der Waals surface area contributed by atoms with Gasteiger partial charge >= 0.3 is 0 Å². The fraction of sp³-hybridized carbons (Fsp3) is 0.167. The average Bonchev–Trinajstić information content (AvgIpc) is 3.35. The molecule has 9 heteroatoms. The second-order valence-electron chi connectivity index (χ2n) is 6.31. The Balaban J connectivity index is 1.60. The summed E-state index contributed by atoms with van der Waals surface area (Å²) in [5.41, 5.74) is 4.44. The first-order valence-corrected chi connectivity index (χ1v) is 9.24. The van der Waals surface area contributed by atoms with Crippen molar-refractivity contribution in [3.63, 3.8) is 0 Å². The van der Waals surface area contributed by atoms with Crippen LogP contribution in [0.25, 0.3) is 22.4 Å². The second kappa shape index (κ2) is 5.98. The zero-order chi connectivity index (χ0) is 18.5. The maximum Gasteiger partial charge on any atom is 0.173 e. The molecule has 5 aromatic rings. The minimum Gasteiger partial charge on any atom is -0.261 e. The number of fused-ring (bicyclic) bond motifs is 3. The number of hydrogen-bond acceptors (Lipinski definition) is 5.